The summed E-state index contributed by atoms with van der Waals surface area (Å²) < 4.78 is 29.4. The van der Waals surface area contributed by atoms with Crippen LogP contribution < -0.4 is 0 Å². The van der Waals surface area contributed by atoms with Crippen LogP contribution in [0.1, 0.15) is 38.2 Å². The number of rotatable bonds is 3. The lowest BCUT2D eigenvalue weighted by Crippen LogP contribution is -2.34. The van der Waals surface area contributed by atoms with Gasteiger partial charge in [-0.2, -0.15) is 8.42 Å². The largest absolute Gasteiger partial charge is 0.390 e. The van der Waals surface area contributed by atoms with Gasteiger partial charge in [0.15, 0.2) is 0 Å². The van der Waals surface area contributed by atoms with Gasteiger partial charge in [-0.1, -0.05) is 17.7 Å². The molecule has 0 bridgehead atoms. The fraction of sp³-hybridized carbons (Fsp3) is 0.571. The second-order valence-electron chi connectivity index (χ2n) is 5.56. The van der Waals surface area contributed by atoms with Crippen molar-refractivity contribution in [2.45, 2.75) is 56.1 Å². The molecule has 0 atom stereocenters. The first-order valence-corrected chi connectivity index (χ1v) is 7.92. The van der Waals surface area contributed by atoms with E-state index in [2.05, 4.69) is 0 Å². The molecule has 1 aromatic carbocycles. The third-order valence-electron chi connectivity index (χ3n) is 3.58. The van der Waals surface area contributed by atoms with Gasteiger partial charge >= 0.3 is 0 Å². The molecule has 0 amide bonds. The molecular formula is C14H20O4S. The molecule has 106 valence electrons. The third-order valence-corrected chi connectivity index (χ3v) is 4.96. The van der Waals surface area contributed by atoms with Crippen molar-refractivity contribution in [2.75, 3.05) is 0 Å². The third kappa shape index (κ3) is 3.78. The average molecular weight is 284 g/mol. The number of aryl methyl sites for hydroxylation is 1. The number of benzene rings is 1. The van der Waals surface area contributed by atoms with Crippen LogP contribution in [0.2, 0.25) is 0 Å². The van der Waals surface area contributed by atoms with E-state index in [0.717, 1.165) is 5.56 Å². The molecule has 0 heterocycles. The van der Waals surface area contributed by atoms with Crippen molar-refractivity contribution in [3.63, 3.8) is 0 Å². The van der Waals surface area contributed by atoms with Crippen molar-refractivity contribution in [1.29, 1.82) is 0 Å². The second kappa shape index (κ2) is 5.23. The van der Waals surface area contributed by atoms with Crippen LogP contribution in [-0.2, 0) is 14.3 Å². The minimum Gasteiger partial charge on any atom is -0.390 e. The zero-order valence-electron chi connectivity index (χ0n) is 11.3. The number of hydrogen-bond donors (Lipinski definition) is 1. The molecule has 0 aromatic heterocycles. The summed E-state index contributed by atoms with van der Waals surface area (Å²) >= 11 is 0. The van der Waals surface area contributed by atoms with Crippen LogP contribution in [0.3, 0.4) is 0 Å². The van der Waals surface area contributed by atoms with Crippen LogP contribution in [0.4, 0.5) is 0 Å². The Bertz CT molecular complexity index is 521. The van der Waals surface area contributed by atoms with E-state index in [1.165, 1.54) is 0 Å². The molecule has 19 heavy (non-hydrogen) atoms. The van der Waals surface area contributed by atoms with Crippen molar-refractivity contribution < 1.29 is 17.7 Å². The molecule has 1 aromatic rings. The molecule has 1 N–H and O–H groups in total. The van der Waals surface area contributed by atoms with E-state index in [9.17, 15) is 13.5 Å². The van der Waals surface area contributed by atoms with Gasteiger partial charge in [0.05, 0.1) is 16.6 Å². The van der Waals surface area contributed by atoms with E-state index in [-0.39, 0.29) is 11.0 Å². The van der Waals surface area contributed by atoms with Crippen molar-refractivity contribution in [2.24, 2.45) is 0 Å². The summed E-state index contributed by atoms with van der Waals surface area (Å²) in [5.74, 6) is 0. The lowest BCUT2D eigenvalue weighted by Gasteiger charge is -2.32. The first kappa shape index (κ1) is 14.5. The van der Waals surface area contributed by atoms with Gasteiger partial charge in [0.1, 0.15) is 0 Å². The maximum atomic E-state index is 12.1. The molecule has 1 aliphatic carbocycles. The fourth-order valence-corrected chi connectivity index (χ4v) is 3.38. The van der Waals surface area contributed by atoms with Gasteiger partial charge in [0.2, 0.25) is 0 Å². The Labute approximate surface area is 114 Å². The highest BCUT2D eigenvalue weighted by atomic mass is 32.2. The maximum absolute atomic E-state index is 12.1. The Morgan fingerprint density at radius 3 is 2.26 bits per heavy atom. The highest BCUT2D eigenvalue weighted by Gasteiger charge is 2.32. The molecule has 0 saturated heterocycles. The molecule has 0 spiro atoms. The molecular weight excluding hydrogens is 264 g/mol. The first-order valence-electron chi connectivity index (χ1n) is 6.51. The fourth-order valence-electron chi connectivity index (χ4n) is 2.25. The molecule has 1 fully saturated rings. The highest BCUT2D eigenvalue weighted by molar-refractivity contribution is 7.86. The summed E-state index contributed by atoms with van der Waals surface area (Å²) in [7, 11) is -3.70. The van der Waals surface area contributed by atoms with E-state index in [1.807, 2.05) is 6.92 Å². The molecule has 1 aliphatic rings. The van der Waals surface area contributed by atoms with Gasteiger partial charge < -0.3 is 5.11 Å². The Morgan fingerprint density at radius 2 is 1.74 bits per heavy atom. The van der Waals surface area contributed by atoms with Crippen molar-refractivity contribution >= 4 is 10.1 Å². The molecule has 0 aliphatic heterocycles. The van der Waals surface area contributed by atoms with E-state index < -0.39 is 15.7 Å². The van der Waals surface area contributed by atoms with E-state index in [4.69, 9.17) is 4.18 Å². The Kier molecular flexibility index (Phi) is 3.99. The van der Waals surface area contributed by atoms with Crippen LogP contribution in [0.15, 0.2) is 29.2 Å². The summed E-state index contributed by atoms with van der Waals surface area (Å²) in [5, 5.41) is 9.83. The Morgan fingerprint density at radius 1 is 1.21 bits per heavy atom. The average Bonchev–Trinajstić information content (AvgIpc) is 2.32. The minimum absolute atomic E-state index is 0.190. The zero-order chi connectivity index (χ0) is 14.1. The summed E-state index contributed by atoms with van der Waals surface area (Å²) in [6, 6.07) is 6.62. The summed E-state index contributed by atoms with van der Waals surface area (Å²) in [4.78, 5) is 0.190. The predicted molar refractivity (Wildman–Crippen MR) is 72.3 cm³/mol. The Balaban J connectivity index is 2.04. The molecule has 1 saturated carbocycles. The van der Waals surface area contributed by atoms with Crippen molar-refractivity contribution in [1.82, 2.24) is 0 Å². The van der Waals surface area contributed by atoms with Crippen LogP contribution >= 0.6 is 0 Å². The predicted octanol–water partition coefficient (Wildman–Crippen LogP) is 2.39. The van der Waals surface area contributed by atoms with Crippen molar-refractivity contribution in [3.05, 3.63) is 29.8 Å². The molecule has 0 radical (unpaired) electrons. The normalized spacial score (nSPS) is 28.3. The topological polar surface area (TPSA) is 63.6 Å². The van der Waals surface area contributed by atoms with E-state index >= 15 is 0 Å². The minimum atomic E-state index is -3.70. The Hall–Kier alpha value is -0.910. The number of aliphatic hydroxyl groups is 1. The zero-order valence-corrected chi connectivity index (χ0v) is 12.1. The SMILES string of the molecule is Cc1ccc(S(=O)(=O)O[C@H]2CC[C@](C)(O)CC2)cc1. The summed E-state index contributed by atoms with van der Waals surface area (Å²) in [6.07, 6.45) is 1.95. The standard InChI is InChI=1S/C14H20O4S/c1-11-3-5-13(6-4-11)19(16,17)18-12-7-9-14(2,15)10-8-12/h3-6,12,15H,7-10H2,1-2H3/t12-,14-. The van der Waals surface area contributed by atoms with Crippen molar-refractivity contribution in [3.8, 4) is 0 Å². The van der Waals surface area contributed by atoms with E-state index in [1.54, 1.807) is 31.2 Å². The van der Waals surface area contributed by atoms with Crippen LogP contribution in [0.25, 0.3) is 0 Å². The molecule has 0 unspecified atom stereocenters. The number of hydrogen-bond acceptors (Lipinski definition) is 4. The van der Waals surface area contributed by atoms with Gasteiger partial charge in [-0.25, -0.2) is 0 Å². The van der Waals surface area contributed by atoms with Crippen LogP contribution in [0.5, 0.6) is 0 Å². The molecule has 4 nitrogen and oxygen atoms in total. The second-order valence-corrected chi connectivity index (χ2v) is 7.13. The van der Waals surface area contributed by atoms with Gasteiger partial charge in [-0.3, -0.25) is 4.18 Å². The lowest BCUT2D eigenvalue weighted by molar-refractivity contribution is -0.00949. The lowest BCUT2D eigenvalue weighted by atomic mass is 9.85. The summed E-state index contributed by atoms with van der Waals surface area (Å²) in [5.41, 5.74) is 0.320. The van der Waals surface area contributed by atoms with Crippen LogP contribution in [-0.4, -0.2) is 25.2 Å². The van der Waals surface area contributed by atoms with Crippen LogP contribution in [0, 0.1) is 6.92 Å². The summed E-state index contributed by atoms with van der Waals surface area (Å²) in [6.45, 7) is 3.68. The van der Waals surface area contributed by atoms with Gasteiger partial charge in [0, 0.05) is 0 Å². The quantitative estimate of drug-likeness (QED) is 0.866. The first-order chi connectivity index (χ1) is 8.78. The molecule has 2 rings (SSSR count). The van der Waals surface area contributed by atoms with Gasteiger partial charge in [-0.15, -0.1) is 0 Å². The van der Waals surface area contributed by atoms with E-state index in [0.29, 0.717) is 25.7 Å². The maximum Gasteiger partial charge on any atom is 0.297 e. The monoisotopic (exact) mass is 284 g/mol. The molecule has 5 heteroatoms. The van der Waals surface area contributed by atoms with Gasteiger partial charge in [-0.05, 0) is 51.7 Å². The van der Waals surface area contributed by atoms with Gasteiger partial charge in [0.25, 0.3) is 10.1 Å². The highest BCUT2D eigenvalue weighted by Crippen LogP contribution is 2.31. The smallest absolute Gasteiger partial charge is 0.297 e.